The lowest BCUT2D eigenvalue weighted by Crippen LogP contribution is -2.44. The van der Waals surface area contributed by atoms with Crippen LogP contribution in [0.1, 0.15) is 28.4 Å². The monoisotopic (exact) mass is 538 g/mol. The molecule has 2 atom stereocenters. The molecule has 1 amide bonds. The van der Waals surface area contributed by atoms with Crippen molar-refractivity contribution in [2.75, 3.05) is 13.1 Å². The van der Waals surface area contributed by atoms with Crippen molar-refractivity contribution in [3.63, 3.8) is 0 Å². The zero-order valence-corrected chi connectivity index (χ0v) is 20.3. The number of rotatable bonds is 9. The van der Waals surface area contributed by atoms with E-state index in [4.69, 9.17) is 22.1 Å². The summed E-state index contributed by atoms with van der Waals surface area (Å²) in [5.41, 5.74) is 4.01. The number of aliphatic hydroxyl groups is 1. The van der Waals surface area contributed by atoms with E-state index in [-0.39, 0.29) is 36.4 Å². The molecule has 1 aliphatic rings. The molecule has 4 rings (SSSR count). The van der Waals surface area contributed by atoms with Crippen molar-refractivity contribution >= 4 is 17.5 Å². The number of alkyl halides is 2. The lowest BCUT2D eigenvalue weighted by Gasteiger charge is -2.30. The molecular formula is C26H23ClF4N2O4. The van der Waals surface area contributed by atoms with E-state index in [0.717, 1.165) is 18.2 Å². The van der Waals surface area contributed by atoms with Gasteiger partial charge in [0.1, 0.15) is 11.6 Å². The van der Waals surface area contributed by atoms with Crippen molar-refractivity contribution in [3.8, 4) is 22.6 Å². The Kier molecular flexibility index (Phi) is 7.63. The maximum Gasteiger partial charge on any atom is 0.387 e. The first kappa shape index (κ1) is 26.7. The van der Waals surface area contributed by atoms with Gasteiger partial charge in [0.25, 0.3) is 0 Å². The summed E-state index contributed by atoms with van der Waals surface area (Å²) in [6.07, 6.45) is -0.629. The van der Waals surface area contributed by atoms with Gasteiger partial charge in [0.15, 0.2) is 17.2 Å². The van der Waals surface area contributed by atoms with Gasteiger partial charge in [-0.3, -0.25) is 4.79 Å². The summed E-state index contributed by atoms with van der Waals surface area (Å²) in [5, 5.41) is 12.3. The molecule has 0 saturated heterocycles. The fourth-order valence-electron chi connectivity index (χ4n) is 4.48. The fraction of sp³-hybridized carbons (Fsp3) is 0.269. The number of hydrogen-bond donors (Lipinski definition) is 3. The van der Waals surface area contributed by atoms with Crippen molar-refractivity contribution in [2.45, 2.75) is 31.7 Å². The van der Waals surface area contributed by atoms with Crippen molar-refractivity contribution < 1.29 is 36.9 Å². The van der Waals surface area contributed by atoms with Crippen molar-refractivity contribution in [2.24, 2.45) is 5.73 Å². The van der Waals surface area contributed by atoms with Gasteiger partial charge in [0.2, 0.25) is 5.91 Å². The summed E-state index contributed by atoms with van der Waals surface area (Å²) in [5.74, 6) is -4.26. The fourth-order valence-corrected chi connectivity index (χ4v) is 4.74. The quantitative estimate of drug-likeness (QED) is 0.341. The number of hydrogen-bond acceptors (Lipinski definition) is 5. The number of fused-ring (bicyclic) bond motifs is 1. The molecule has 0 bridgehead atoms. The molecule has 6 nitrogen and oxygen atoms in total. The normalized spacial score (nSPS) is 17.4. The predicted octanol–water partition coefficient (Wildman–Crippen LogP) is 4.79. The second-order valence-electron chi connectivity index (χ2n) is 8.69. The first-order chi connectivity index (χ1) is 17.5. The molecule has 0 spiro atoms. The molecule has 196 valence electrons. The Morgan fingerprint density at radius 2 is 1.92 bits per heavy atom. The first-order valence-electron chi connectivity index (χ1n) is 11.3. The molecule has 0 aromatic heterocycles. The SMILES string of the molecule is C[C@@H](O)CNCC1(c2ccccc2)Cc2c(cc(F)c(Cl)c2-c2c(C(N)=O)ccc(OC(F)F)c2F)O1. The van der Waals surface area contributed by atoms with E-state index in [1.165, 1.54) is 0 Å². The number of carbonyl (C=O) groups excluding carboxylic acids is 1. The van der Waals surface area contributed by atoms with E-state index in [1.54, 1.807) is 37.3 Å². The van der Waals surface area contributed by atoms with E-state index < -0.39 is 57.8 Å². The van der Waals surface area contributed by atoms with Crippen LogP contribution in [-0.4, -0.2) is 36.8 Å². The lowest BCUT2D eigenvalue weighted by atomic mass is 9.85. The number of carbonyl (C=O) groups is 1. The summed E-state index contributed by atoms with van der Waals surface area (Å²) >= 11 is 6.32. The number of amides is 1. The number of primary amides is 1. The Balaban J connectivity index is 1.93. The zero-order valence-electron chi connectivity index (χ0n) is 19.5. The van der Waals surface area contributed by atoms with Crippen LogP contribution in [-0.2, 0) is 12.0 Å². The Hall–Kier alpha value is -3.34. The molecule has 1 heterocycles. The molecular weight excluding hydrogens is 516 g/mol. The van der Waals surface area contributed by atoms with Gasteiger partial charge in [0.05, 0.1) is 16.7 Å². The second-order valence-corrected chi connectivity index (χ2v) is 9.06. The average Bonchev–Trinajstić information content (AvgIpc) is 3.20. The molecule has 37 heavy (non-hydrogen) atoms. The van der Waals surface area contributed by atoms with Crippen LogP contribution in [0.4, 0.5) is 17.6 Å². The van der Waals surface area contributed by atoms with Crippen molar-refractivity contribution in [1.29, 1.82) is 0 Å². The third-order valence-corrected chi connectivity index (χ3v) is 6.41. The number of nitrogens with two attached hydrogens (primary N) is 1. The Morgan fingerprint density at radius 3 is 2.54 bits per heavy atom. The van der Waals surface area contributed by atoms with Gasteiger partial charge in [-0.2, -0.15) is 8.78 Å². The van der Waals surface area contributed by atoms with E-state index >= 15 is 8.78 Å². The van der Waals surface area contributed by atoms with Crippen LogP contribution in [0.5, 0.6) is 11.5 Å². The van der Waals surface area contributed by atoms with E-state index in [9.17, 15) is 18.7 Å². The second kappa shape index (κ2) is 10.6. The summed E-state index contributed by atoms with van der Waals surface area (Å²) in [6.45, 7) is -1.37. The average molecular weight is 539 g/mol. The van der Waals surface area contributed by atoms with Crippen molar-refractivity contribution in [1.82, 2.24) is 5.32 Å². The van der Waals surface area contributed by atoms with E-state index in [2.05, 4.69) is 10.1 Å². The molecule has 1 aliphatic heterocycles. The van der Waals surface area contributed by atoms with Crippen LogP contribution in [0.15, 0.2) is 48.5 Å². The first-order valence-corrected chi connectivity index (χ1v) is 11.6. The Labute approximate surface area is 214 Å². The number of halogens is 5. The van der Waals surface area contributed by atoms with Crippen molar-refractivity contribution in [3.05, 3.63) is 81.9 Å². The highest BCUT2D eigenvalue weighted by atomic mass is 35.5. The maximum atomic E-state index is 15.6. The molecule has 3 aromatic rings. The van der Waals surface area contributed by atoms with Crippen LogP contribution in [0.2, 0.25) is 5.02 Å². The van der Waals surface area contributed by atoms with Crippen LogP contribution in [0.3, 0.4) is 0 Å². The molecule has 0 aliphatic carbocycles. The number of nitrogens with one attached hydrogen (secondary N) is 1. The lowest BCUT2D eigenvalue weighted by molar-refractivity contribution is -0.0521. The minimum atomic E-state index is -3.36. The predicted molar refractivity (Wildman–Crippen MR) is 129 cm³/mol. The molecule has 0 saturated carbocycles. The highest BCUT2D eigenvalue weighted by molar-refractivity contribution is 6.34. The van der Waals surface area contributed by atoms with Gasteiger partial charge in [-0.1, -0.05) is 41.9 Å². The number of aliphatic hydroxyl groups excluding tert-OH is 1. The highest BCUT2D eigenvalue weighted by Crippen LogP contribution is 2.50. The summed E-state index contributed by atoms with van der Waals surface area (Å²) < 4.78 is 67.0. The Bertz CT molecular complexity index is 1320. The topological polar surface area (TPSA) is 93.8 Å². The highest BCUT2D eigenvalue weighted by Gasteiger charge is 2.44. The molecule has 0 fully saturated rings. The van der Waals surface area contributed by atoms with Crippen LogP contribution in [0, 0.1) is 11.6 Å². The maximum absolute atomic E-state index is 15.6. The van der Waals surface area contributed by atoms with Crippen LogP contribution in [0.25, 0.3) is 11.1 Å². The van der Waals surface area contributed by atoms with E-state index in [1.807, 2.05) is 0 Å². The minimum absolute atomic E-state index is 0.0228. The third kappa shape index (κ3) is 5.22. The molecule has 11 heteroatoms. The largest absolute Gasteiger partial charge is 0.480 e. The Morgan fingerprint density at radius 1 is 1.22 bits per heavy atom. The number of ether oxygens (including phenoxy) is 2. The molecule has 4 N–H and O–H groups in total. The molecule has 3 aromatic carbocycles. The van der Waals surface area contributed by atoms with Gasteiger partial charge in [-0.05, 0) is 24.6 Å². The summed E-state index contributed by atoms with van der Waals surface area (Å²) in [7, 11) is 0. The number of benzene rings is 3. The van der Waals surface area contributed by atoms with Gasteiger partial charge in [0, 0.05) is 42.3 Å². The van der Waals surface area contributed by atoms with Crippen LogP contribution >= 0.6 is 11.6 Å². The molecule has 0 radical (unpaired) electrons. The summed E-state index contributed by atoms with van der Waals surface area (Å²) in [4.78, 5) is 12.2. The van der Waals surface area contributed by atoms with Gasteiger partial charge < -0.3 is 25.6 Å². The zero-order chi connectivity index (χ0) is 26.9. The standard InChI is InChI=1S/C26H23ClF4N2O4/c1-13(34)11-33-12-26(14-5-3-2-4-6-14)10-16-19(37-26)9-17(28)22(27)20(16)21-15(24(32)35)7-8-18(23(21)29)36-25(30)31/h2-9,13,25,33-34H,10-12H2,1H3,(H2,32,35)/t13-,26?/m1/s1. The smallest absolute Gasteiger partial charge is 0.387 e. The minimum Gasteiger partial charge on any atom is -0.480 e. The van der Waals surface area contributed by atoms with E-state index in [0.29, 0.717) is 5.56 Å². The van der Waals surface area contributed by atoms with Gasteiger partial charge in [-0.15, -0.1) is 0 Å². The third-order valence-electron chi connectivity index (χ3n) is 6.04. The molecule has 1 unspecified atom stereocenters. The summed E-state index contributed by atoms with van der Waals surface area (Å²) in [6, 6.07) is 11.8. The van der Waals surface area contributed by atoms with Gasteiger partial charge in [-0.25, -0.2) is 8.78 Å². The van der Waals surface area contributed by atoms with Gasteiger partial charge >= 0.3 is 6.61 Å². The van der Waals surface area contributed by atoms with Crippen LogP contribution < -0.4 is 20.5 Å².